The SMILES string of the molecule is CC(C)[C@@H](NCC(=O)NCC(=O)N(C)C)c1ccc(C(C)(C)C)cc1. The molecule has 0 heterocycles. The molecular formula is C20H33N3O2. The van der Waals surface area contributed by atoms with Crippen molar-refractivity contribution in [2.75, 3.05) is 27.2 Å². The molecule has 0 radical (unpaired) electrons. The molecule has 5 nitrogen and oxygen atoms in total. The van der Waals surface area contributed by atoms with Gasteiger partial charge in [0.25, 0.3) is 0 Å². The molecule has 0 aliphatic carbocycles. The quantitative estimate of drug-likeness (QED) is 0.796. The number of hydrogen-bond donors (Lipinski definition) is 2. The topological polar surface area (TPSA) is 61.4 Å². The van der Waals surface area contributed by atoms with E-state index in [4.69, 9.17) is 0 Å². The van der Waals surface area contributed by atoms with E-state index < -0.39 is 0 Å². The van der Waals surface area contributed by atoms with Gasteiger partial charge in [-0.2, -0.15) is 0 Å². The summed E-state index contributed by atoms with van der Waals surface area (Å²) in [6.45, 7) is 11.1. The van der Waals surface area contributed by atoms with Crippen LogP contribution in [-0.4, -0.2) is 43.9 Å². The molecule has 2 N–H and O–H groups in total. The van der Waals surface area contributed by atoms with Crippen LogP contribution in [0.4, 0.5) is 0 Å². The van der Waals surface area contributed by atoms with E-state index in [1.165, 1.54) is 16.0 Å². The maximum Gasteiger partial charge on any atom is 0.241 e. The van der Waals surface area contributed by atoms with Gasteiger partial charge in [0.05, 0.1) is 13.1 Å². The molecule has 0 aliphatic rings. The number of rotatable bonds is 7. The average molecular weight is 348 g/mol. The van der Waals surface area contributed by atoms with Gasteiger partial charge in [0.1, 0.15) is 0 Å². The fourth-order valence-electron chi connectivity index (χ4n) is 2.53. The first-order valence-electron chi connectivity index (χ1n) is 8.83. The first kappa shape index (κ1) is 21.2. The van der Waals surface area contributed by atoms with Gasteiger partial charge in [0, 0.05) is 20.1 Å². The Morgan fingerprint density at radius 2 is 1.60 bits per heavy atom. The summed E-state index contributed by atoms with van der Waals surface area (Å²) in [4.78, 5) is 24.9. The minimum atomic E-state index is -0.174. The summed E-state index contributed by atoms with van der Waals surface area (Å²) in [6, 6.07) is 8.66. The smallest absolute Gasteiger partial charge is 0.241 e. The summed E-state index contributed by atoms with van der Waals surface area (Å²) in [5.41, 5.74) is 2.58. The normalized spacial score (nSPS) is 12.8. The van der Waals surface area contributed by atoms with E-state index in [-0.39, 0.29) is 36.4 Å². The van der Waals surface area contributed by atoms with Gasteiger partial charge in [0.2, 0.25) is 11.8 Å². The minimum absolute atomic E-state index is 0.0279. The summed E-state index contributed by atoms with van der Waals surface area (Å²) < 4.78 is 0. The first-order chi connectivity index (χ1) is 11.5. The van der Waals surface area contributed by atoms with Crippen molar-refractivity contribution in [3.8, 4) is 0 Å². The standard InChI is InChI=1S/C20H33N3O2/c1-14(2)19(15-8-10-16(11-9-15)20(3,4)5)22-12-17(24)21-13-18(25)23(6)7/h8-11,14,19,22H,12-13H2,1-7H3,(H,21,24)/t19-/m1/s1. The monoisotopic (exact) mass is 347 g/mol. The number of hydrogen-bond acceptors (Lipinski definition) is 3. The number of nitrogens with zero attached hydrogens (tertiary/aromatic N) is 1. The van der Waals surface area contributed by atoms with Crippen molar-refractivity contribution in [3.63, 3.8) is 0 Å². The molecule has 1 atom stereocenters. The molecule has 0 aromatic heterocycles. The third-order valence-electron chi connectivity index (χ3n) is 4.22. The van der Waals surface area contributed by atoms with Crippen molar-refractivity contribution >= 4 is 11.8 Å². The Balaban J connectivity index is 2.66. The molecule has 0 bridgehead atoms. The maximum absolute atomic E-state index is 12.0. The van der Waals surface area contributed by atoms with Crippen LogP contribution >= 0.6 is 0 Å². The van der Waals surface area contributed by atoms with Crippen molar-refractivity contribution in [1.82, 2.24) is 15.5 Å². The zero-order chi connectivity index (χ0) is 19.2. The Hall–Kier alpha value is -1.88. The molecule has 0 unspecified atom stereocenters. The Kier molecular flexibility index (Phi) is 7.61. The lowest BCUT2D eigenvalue weighted by Crippen LogP contribution is -2.41. The molecule has 1 aromatic rings. The fraction of sp³-hybridized carbons (Fsp3) is 0.600. The van der Waals surface area contributed by atoms with Crippen LogP contribution in [-0.2, 0) is 15.0 Å². The molecule has 0 saturated carbocycles. The van der Waals surface area contributed by atoms with Gasteiger partial charge in [0.15, 0.2) is 0 Å². The van der Waals surface area contributed by atoms with Crippen LogP contribution in [0, 0.1) is 5.92 Å². The zero-order valence-corrected chi connectivity index (χ0v) is 16.6. The highest BCUT2D eigenvalue weighted by Crippen LogP contribution is 2.26. The van der Waals surface area contributed by atoms with Crippen molar-refractivity contribution in [2.24, 2.45) is 5.92 Å². The molecule has 0 aliphatic heterocycles. The summed E-state index contributed by atoms with van der Waals surface area (Å²) >= 11 is 0. The van der Waals surface area contributed by atoms with Gasteiger partial charge in [-0.15, -0.1) is 0 Å². The highest BCUT2D eigenvalue weighted by Gasteiger charge is 2.19. The second-order valence-electron chi connectivity index (χ2n) is 8.04. The maximum atomic E-state index is 12.0. The summed E-state index contributed by atoms with van der Waals surface area (Å²) in [5, 5.41) is 5.96. The molecule has 1 rings (SSSR count). The van der Waals surface area contributed by atoms with E-state index in [1.807, 2.05) is 0 Å². The largest absolute Gasteiger partial charge is 0.347 e. The summed E-state index contributed by atoms with van der Waals surface area (Å²) in [5.74, 6) is 0.0513. The molecule has 140 valence electrons. The second kappa shape index (κ2) is 8.99. The third kappa shape index (κ3) is 6.86. The molecule has 0 spiro atoms. The lowest BCUT2D eigenvalue weighted by molar-refractivity contribution is -0.130. The van der Waals surface area contributed by atoms with Gasteiger partial charge in [-0.25, -0.2) is 0 Å². The Bertz CT molecular complexity index is 572. The average Bonchev–Trinajstić information content (AvgIpc) is 2.51. The van der Waals surface area contributed by atoms with Crippen molar-refractivity contribution in [1.29, 1.82) is 0 Å². The molecule has 0 fully saturated rings. The van der Waals surface area contributed by atoms with Crippen molar-refractivity contribution < 1.29 is 9.59 Å². The summed E-state index contributed by atoms with van der Waals surface area (Å²) in [7, 11) is 3.34. The van der Waals surface area contributed by atoms with Gasteiger partial charge >= 0.3 is 0 Å². The van der Waals surface area contributed by atoms with Crippen molar-refractivity contribution in [3.05, 3.63) is 35.4 Å². The number of benzene rings is 1. The number of carbonyl (C=O) groups is 2. The van der Waals surface area contributed by atoms with E-state index >= 15 is 0 Å². The predicted octanol–water partition coefficient (Wildman–Crippen LogP) is 2.48. The molecule has 1 aromatic carbocycles. The van der Waals surface area contributed by atoms with E-state index in [9.17, 15) is 9.59 Å². The van der Waals surface area contributed by atoms with Crippen LogP contribution in [0.15, 0.2) is 24.3 Å². The van der Waals surface area contributed by atoms with Crippen LogP contribution in [0.5, 0.6) is 0 Å². The number of likely N-dealkylation sites (N-methyl/N-ethyl adjacent to an activating group) is 1. The fourth-order valence-corrected chi connectivity index (χ4v) is 2.53. The van der Waals surface area contributed by atoms with E-state index in [2.05, 4.69) is 69.5 Å². The van der Waals surface area contributed by atoms with Crippen LogP contribution in [0.3, 0.4) is 0 Å². The van der Waals surface area contributed by atoms with Crippen LogP contribution in [0.1, 0.15) is 51.8 Å². The van der Waals surface area contributed by atoms with E-state index in [0.717, 1.165) is 0 Å². The zero-order valence-electron chi connectivity index (χ0n) is 16.6. The number of nitrogens with one attached hydrogen (secondary N) is 2. The predicted molar refractivity (Wildman–Crippen MR) is 102 cm³/mol. The first-order valence-corrected chi connectivity index (χ1v) is 8.83. The highest BCUT2D eigenvalue weighted by molar-refractivity contribution is 5.85. The minimum Gasteiger partial charge on any atom is -0.347 e. The molecule has 5 heteroatoms. The lowest BCUT2D eigenvalue weighted by atomic mass is 9.85. The number of carbonyl (C=O) groups excluding carboxylic acids is 2. The van der Waals surface area contributed by atoms with E-state index in [0.29, 0.717) is 5.92 Å². The van der Waals surface area contributed by atoms with E-state index in [1.54, 1.807) is 14.1 Å². The molecule has 0 saturated heterocycles. The Labute approximate surface area is 152 Å². The Morgan fingerprint density at radius 3 is 2.04 bits per heavy atom. The van der Waals surface area contributed by atoms with Crippen molar-refractivity contribution in [2.45, 2.75) is 46.1 Å². The number of amides is 2. The third-order valence-corrected chi connectivity index (χ3v) is 4.22. The van der Waals surface area contributed by atoms with Crippen LogP contribution in [0.25, 0.3) is 0 Å². The van der Waals surface area contributed by atoms with Crippen LogP contribution in [0.2, 0.25) is 0 Å². The lowest BCUT2D eigenvalue weighted by Gasteiger charge is -2.25. The molecule has 2 amide bonds. The van der Waals surface area contributed by atoms with Gasteiger partial charge in [-0.1, -0.05) is 58.9 Å². The molecular weight excluding hydrogens is 314 g/mol. The van der Waals surface area contributed by atoms with Gasteiger partial charge in [-0.05, 0) is 22.5 Å². The second-order valence-corrected chi connectivity index (χ2v) is 8.04. The molecule has 25 heavy (non-hydrogen) atoms. The van der Waals surface area contributed by atoms with Crippen LogP contribution < -0.4 is 10.6 Å². The summed E-state index contributed by atoms with van der Waals surface area (Å²) in [6.07, 6.45) is 0. The Morgan fingerprint density at radius 1 is 1.04 bits per heavy atom. The van der Waals surface area contributed by atoms with Gasteiger partial charge < -0.3 is 15.5 Å². The highest BCUT2D eigenvalue weighted by atomic mass is 16.2. The van der Waals surface area contributed by atoms with Gasteiger partial charge in [-0.3, -0.25) is 9.59 Å².